The van der Waals surface area contributed by atoms with Gasteiger partial charge >= 0.3 is 6.61 Å². The lowest BCUT2D eigenvalue weighted by Crippen LogP contribution is -1.99. The van der Waals surface area contributed by atoms with Gasteiger partial charge in [0.15, 0.2) is 0 Å². The summed E-state index contributed by atoms with van der Waals surface area (Å²) in [7, 11) is 0. The van der Waals surface area contributed by atoms with Gasteiger partial charge in [-0.25, -0.2) is 0 Å². The van der Waals surface area contributed by atoms with E-state index in [0.29, 0.717) is 6.42 Å². The third-order valence-electron chi connectivity index (χ3n) is 1.14. The van der Waals surface area contributed by atoms with Crippen LogP contribution in [0.25, 0.3) is 0 Å². The van der Waals surface area contributed by atoms with Crippen LogP contribution in [0, 0.1) is 6.42 Å². The van der Waals surface area contributed by atoms with Crippen molar-refractivity contribution in [1.82, 2.24) is 0 Å². The van der Waals surface area contributed by atoms with Crippen molar-refractivity contribution >= 4 is 15.9 Å². The Morgan fingerprint density at radius 3 is 2.82 bits per heavy atom. The minimum Gasteiger partial charge on any atom is -0.435 e. The van der Waals surface area contributed by atoms with Gasteiger partial charge in [-0.2, -0.15) is 8.78 Å². The van der Waals surface area contributed by atoms with Crippen LogP contribution in [0.15, 0.2) is 22.4 Å². The van der Waals surface area contributed by atoms with Crippen LogP contribution >= 0.6 is 15.9 Å². The lowest BCUT2D eigenvalue weighted by molar-refractivity contribution is -0.0923. The van der Waals surface area contributed by atoms with Gasteiger partial charge in [0.05, 0.1) is 0 Å². The first-order valence-electron chi connectivity index (χ1n) is 3.04. The molecular formula is C7H6BrF2O. The third-order valence-corrected chi connectivity index (χ3v) is 1.69. The molecule has 0 aromatic carbocycles. The fourth-order valence-electron chi connectivity index (χ4n) is 0.726. The molecule has 0 saturated heterocycles. The van der Waals surface area contributed by atoms with Gasteiger partial charge in [-0.3, -0.25) is 0 Å². The molecular weight excluding hydrogens is 218 g/mol. The van der Waals surface area contributed by atoms with E-state index in [2.05, 4.69) is 20.7 Å². The van der Waals surface area contributed by atoms with Crippen LogP contribution in [0.2, 0.25) is 0 Å². The van der Waals surface area contributed by atoms with Crippen molar-refractivity contribution in [1.29, 1.82) is 0 Å². The molecule has 0 aliphatic heterocycles. The molecule has 0 heterocycles. The second-order valence-electron chi connectivity index (χ2n) is 1.95. The van der Waals surface area contributed by atoms with Crippen molar-refractivity contribution in [3.63, 3.8) is 0 Å². The summed E-state index contributed by atoms with van der Waals surface area (Å²) in [6.45, 7) is -2.74. The van der Waals surface area contributed by atoms with Gasteiger partial charge in [-0.15, -0.1) is 0 Å². The quantitative estimate of drug-likeness (QED) is 0.700. The van der Waals surface area contributed by atoms with E-state index in [1.165, 1.54) is 6.08 Å². The Kier molecular flexibility index (Phi) is 3.05. The number of halogens is 3. The second kappa shape index (κ2) is 3.85. The fraction of sp³-hybridized carbons (Fsp3) is 0.286. The predicted molar refractivity (Wildman–Crippen MR) is 41.1 cm³/mol. The smallest absolute Gasteiger partial charge is 0.387 e. The Bertz CT molecular complexity index is 199. The summed E-state index contributed by atoms with van der Waals surface area (Å²) < 4.78 is 28.2. The summed E-state index contributed by atoms with van der Waals surface area (Å²) in [5.74, 6) is 0.217. The molecule has 1 rings (SSSR count). The number of allylic oxidation sites excluding steroid dienone is 3. The molecule has 11 heavy (non-hydrogen) atoms. The van der Waals surface area contributed by atoms with Crippen LogP contribution in [0.1, 0.15) is 6.42 Å². The predicted octanol–water partition coefficient (Wildman–Crippen LogP) is 3.00. The number of hydrogen-bond acceptors (Lipinski definition) is 1. The fourth-order valence-corrected chi connectivity index (χ4v) is 1.14. The van der Waals surface area contributed by atoms with Gasteiger partial charge in [-0.1, -0.05) is 15.9 Å². The summed E-state index contributed by atoms with van der Waals surface area (Å²) in [4.78, 5) is 0. The maximum atomic E-state index is 11.6. The van der Waals surface area contributed by atoms with E-state index in [1.54, 1.807) is 6.08 Å². The van der Waals surface area contributed by atoms with E-state index in [-0.39, 0.29) is 5.76 Å². The van der Waals surface area contributed by atoms with Crippen LogP contribution in [0.5, 0.6) is 0 Å². The number of ether oxygens (including phenoxy) is 1. The number of rotatable bonds is 2. The second-order valence-corrected chi connectivity index (χ2v) is 2.87. The molecule has 0 aromatic rings. The summed E-state index contributed by atoms with van der Waals surface area (Å²) in [6.07, 6.45) is 5.59. The molecule has 1 nitrogen and oxygen atoms in total. The largest absolute Gasteiger partial charge is 0.435 e. The summed E-state index contributed by atoms with van der Waals surface area (Å²) in [5, 5.41) is 0. The van der Waals surface area contributed by atoms with Crippen LogP contribution in [-0.2, 0) is 4.74 Å². The van der Waals surface area contributed by atoms with Crippen molar-refractivity contribution < 1.29 is 13.5 Å². The number of hydrogen-bond donors (Lipinski definition) is 0. The molecule has 0 saturated carbocycles. The topological polar surface area (TPSA) is 9.23 Å². The first kappa shape index (κ1) is 8.71. The van der Waals surface area contributed by atoms with Gasteiger partial charge in [0.2, 0.25) is 0 Å². The Morgan fingerprint density at radius 1 is 1.55 bits per heavy atom. The highest BCUT2D eigenvalue weighted by Gasteiger charge is 2.08. The first-order valence-corrected chi connectivity index (χ1v) is 3.83. The minimum atomic E-state index is -2.74. The van der Waals surface area contributed by atoms with Gasteiger partial charge in [0.1, 0.15) is 5.76 Å². The molecule has 0 amide bonds. The van der Waals surface area contributed by atoms with Crippen LogP contribution in [0.3, 0.4) is 0 Å². The van der Waals surface area contributed by atoms with Crippen molar-refractivity contribution in [3.05, 3.63) is 28.8 Å². The standard InChI is InChI=1S/C7H6BrF2O/c8-5-2-1-3-6(4-5)11-7(9)10/h2-4,7H,1H2. The molecule has 0 aromatic heterocycles. The summed E-state index contributed by atoms with van der Waals surface area (Å²) >= 11 is 3.16. The van der Waals surface area contributed by atoms with E-state index in [9.17, 15) is 8.78 Å². The zero-order chi connectivity index (χ0) is 8.27. The highest BCUT2D eigenvalue weighted by molar-refractivity contribution is 9.11. The van der Waals surface area contributed by atoms with Crippen LogP contribution < -0.4 is 0 Å². The Balaban J connectivity index is 2.52. The minimum absolute atomic E-state index is 0.217. The molecule has 0 unspecified atom stereocenters. The maximum absolute atomic E-state index is 11.6. The maximum Gasteiger partial charge on any atom is 0.387 e. The Hall–Kier alpha value is -0.380. The zero-order valence-corrected chi connectivity index (χ0v) is 7.14. The van der Waals surface area contributed by atoms with E-state index in [0.717, 1.165) is 4.48 Å². The molecule has 61 valence electrons. The van der Waals surface area contributed by atoms with Gasteiger partial charge in [0.25, 0.3) is 0 Å². The molecule has 0 atom stereocenters. The van der Waals surface area contributed by atoms with Gasteiger partial charge in [0, 0.05) is 10.9 Å². The number of alkyl halides is 2. The van der Waals surface area contributed by atoms with E-state index in [4.69, 9.17) is 0 Å². The van der Waals surface area contributed by atoms with E-state index < -0.39 is 6.61 Å². The van der Waals surface area contributed by atoms with Crippen molar-refractivity contribution in [2.45, 2.75) is 13.0 Å². The highest BCUT2D eigenvalue weighted by atomic mass is 79.9. The van der Waals surface area contributed by atoms with Crippen LogP contribution in [-0.4, -0.2) is 6.61 Å². The van der Waals surface area contributed by atoms with E-state index >= 15 is 0 Å². The highest BCUT2D eigenvalue weighted by Crippen LogP contribution is 2.22. The molecule has 0 fully saturated rings. The molecule has 1 aliphatic carbocycles. The molecule has 0 N–H and O–H groups in total. The monoisotopic (exact) mass is 223 g/mol. The molecule has 1 aliphatic rings. The van der Waals surface area contributed by atoms with Crippen molar-refractivity contribution in [2.24, 2.45) is 0 Å². The van der Waals surface area contributed by atoms with Crippen LogP contribution in [0.4, 0.5) is 8.78 Å². The van der Waals surface area contributed by atoms with Crippen molar-refractivity contribution in [2.75, 3.05) is 0 Å². The molecule has 0 spiro atoms. The average molecular weight is 224 g/mol. The van der Waals surface area contributed by atoms with Gasteiger partial charge < -0.3 is 4.74 Å². The average Bonchev–Trinajstić information content (AvgIpc) is 1.85. The molecule has 1 radical (unpaired) electrons. The molecule has 0 bridgehead atoms. The molecule has 4 heteroatoms. The lowest BCUT2D eigenvalue weighted by Gasteiger charge is -2.09. The summed E-state index contributed by atoms with van der Waals surface area (Å²) in [5.41, 5.74) is 0. The zero-order valence-electron chi connectivity index (χ0n) is 5.56. The first-order chi connectivity index (χ1) is 5.18. The normalized spacial score (nSPS) is 17.8. The Morgan fingerprint density at radius 2 is 2.27 bits per heavy atom. The Labute approximate surface area is 71.9 Å². The summed E-state index contributed by atoms with van der Waals surface area (Å²) in [6, 6.07) is 0. The lowest BCUT2D eigenvalue weighted by atomic mass is 10.2. The SMILES string of the molecule is FC(F)OC1=CC[CH]C(Br)=C1. The third kappa shape index (κ3) is 3.01. The van der Waals surface area contributed by atoms with Gasteiger partial charge in [-0.05, 0) is 18.6 Å². The van der Waals surface area contributed by atoms with E-state index in [1.807, 2.05) is 6.42 Å². The van der Waals surface area contributed by atoms with Crippen molar-refractivity contribution in [3.8, 4) is 0 Å².